The minimum Gasteiger partial charge on any atom is -0.377 e. The summed E-state index contributed by atoms with van der Waals surface area (Å²) in [5.41, 5.74) is 3.77. The fraction of sp³-hybridized carbons (Fsp3) is 0.294. The maximum absolute atomic E-state index is 6.01. The summed E-state index contributed by atoms with van der Waals surface area (Å²) in [6, 6.07) is 15.1. The topological polar surface area (TPSA) is 12.0 Å². The molecule has 104 valence electrons. The van der Waals surface area contributed by atoms with Gasteiger partial charge in [-0.25, -0.2) is 0 Å². The van der Waals surface area contributed by atoms with E-state index in [0.717, 1.165) is 21.1 Å². The van der Waals surface area contributed by atoms with Gasteiger partial charge in [0, 0.05) is 15.2 Å². The molecule has 0 radical (unpaired) electrons. The highest BCUT2D eigenvalue weighted by Gasteiger charge is 2.32. The maximum Gasteiger partial charge on any atom is 0.0542 e. The number of halogens is 2. The van der Waals surface area contributed by atoms with Gasteiger partial charge in [0.1, 0.15) is 0 Å². The van der Waals surface area contributed by atoms with Crippen LogP contribution in [0.25, 0.3) is 0 Å². The van der Waals surface area contributed by atoms with Gasteiger partial charge in [-0.1, -0.05) is 41.4 Å². The standard InChI is InChI=1S/C17H17BrClN/c1-11-2-4-12(5-3-11)17(13-6-7-13)20-16-9-8-14(19)10-15(16)18/h2-5,8-10,13,17,20H,6-7H2,1H3. The molecule has 1 nitrogen and oxygen atoms in total. The van der Waals surface area contributed by atoms with E-state index in [0.29, 0.717) is 6.04 Å². The van der Waals surface area contributed by atoms with Gasteiger partial charge in [-0.15, -0.1) is 0 Å². The Kier molecular flexibility index (Phi) is 4.04. The van der Waals surface area contributed by atoms with E-state index in [9.17, 15) is 0 Å². The Hall–Kier alpha value is -0.990. The molecule has 1 atom stereocenters. The van der Waals surface area contributed by atoms with Crippen molar-refractivity contribution < 1.29 is 0 Å². The number of aryl methyl sites for hydroxylation is 1. The van der Waals surface area contributed by atoms with Gasteiger partial charge in [-0.2, -0.15) is 0 Å². The predicted octanol–water partition coefficient (Wildman–Crippen LogP) is 5.97. The molecule has 3 rings (SSSR count). The third kappa shape index (κ3) is 3.18. The Morgan fingerprint density at radius 1 is 1.15 bits per heavy atom. The first-order chi connectivity index (χ1) is 9.63. The van der Waals surface area contributed by atoms with Crippen molar-refractivity contribution in [2.45, 2.75) is 25.8 Å². The minimum atomic E-state index is 0.382. The Morgan fingerprint density at radius 3 is 2.45 bits per heavy atom. The largest absolute Gasteiger partial charge is 0.377 e. The minimum absolute atomic E-state index is 0.382. The lowest BCUT2D eigenvalue weighted by atomic mass is 10.0. The van der Waals surface area contributed by atoms with E-state index < -0.39 is 0 Å². The van der Waals surface area contributed by atoms with Gasteiger partial charge in [0.05, 0.1) is 6.04 Å². The Morgan fingerprint density at radius 2 is 1.85 bits per heavy atom. The van der Waals surface area contributed by atoms with Gasteiger partial charge in [0.15, 0.2) is 0 Å². The Bertz CT molecular complexity index is 605. The molecule has 1 aliphatic rings. The zero-order chi connectivity index (χ0) is 14.1. The fourth-order valence-corrected chi connectivity index (χ4v) is 3.25. The fourth-order valence-electron chi connectivity index (χ4n) is 2.45. The summed E-state index contributed by atoms with van der Waals surface area (Å²) in [6.45, 7) is 2.12. The van der Waals surface area contributed by atoms with Gasteiger partial charge in [0.2, 0.25) is 0 Å². The first-order valence-corrected chi connectivity index (χ1v) is 8.09. The van der Waals surface area contributed by atoms with Gasteiger partial charge < -0.3 is 5.32 Å². The van der Waals surface area contributed by atoms with Crippen LogP contribution in [0.15, 0.2) is 46.9 Å². The second-order valence-corrected chi connectivity index (χ2v) is 6.79. The number of anilines is 1. The molecule has 0 amide bonds. The van der Waals surface area contributed by atoms with Crippen LogP contribution in [0.5, 0.6) is 0 Å². The smallest absolute Gasteiger partial charge is 0.0542 e. The van der Waals surface area contributed by atoms with Crippen LogP contribution in [0.4, 0.5) is 5.69 Å². The predicted molar refractivity (Wildman–Crippen MR) is 89.4 cm³/mol. The van der Waals surface area contributed by atoms with Crippen LogP contribution >= 0.6 is 27.5 Å². The summed E-state index contributed by atoms with van der Waals surface area (Å²) in [4.78, 5) is 0. The molecule has 0 spiro atoms. The second kappa shape index (κ2) is 5.79. The van der Waals surface area contributed by atoms with Crippen LogP contribution in [0.1, 0.15) is 30.0 Å². The van der Waals surface area contributed by atoms with Crippen LogP contribution < -0.4 is 5.32 Å². The monoisotopic (exact) mass is 349 g/mol. The lowest BCUT2D eigenvalue weighted by molar-refractivity contribution is 0.678. The van der Waals surface area contributed by atoms with E-state index >= 15 is 0 Å². The van der Waals surface area contributed by atoms with Crippen molar-refractivity contribution in [3.63, 3.8) is 0 Å². The molecule has 0 aliphatic heterocycles. The van der Waals surface area contributed by atoms with Gasteiger partial charge in [-0.3, -0.25) is 0 Å². The molecule has 0 aromatic heterocycles. The van der Waals surface area contributed by atoms with Crippen LogP contribution in [-0.4, -0.2) is 0 Å². The number of rotatable bonds is 4. The van der Waals surface area contributed by atoms with Crippen molar-refractivity contribution in [2.75, 3.05) is 5.32 Å². The quantitative estimate of drug-likeness (QED) is 0.716. The molecule has 1 N–H and O–H groups in total. The highest BCUT2D eigenvalue weighted by atomic mass is 79.9. The Balaban J connectivity index is 1.86. The zero-order valence-corrected chi connectivity index (χ0v) is 13.7. The first-order valence-electron chi connectivity index (χ1n) is 6.91. The molecule has 2 aromatic rings. The summed E-state index contributed by atoms with van der Waals surface area (Å²) in [6.07, 6.45) is 2.60. The zero-order valence-electron chi connectivity index (χ0n) is 11.4. The van der Waals surface area contributed by atoms with Crippen molar-refractivity contribution >= 4 is 33.2 Å². The van der Waals surface area contributed by atoms with Crippen LogP contribution in [0, 0.1) is 12.8 Å². The summed E-state index contributed by atoms with van der Waals surface area (Å²) < 4.78 is 1.02. The van der Waals surface area contributed by atoms with E-state index in [1.54, 1.807) is 0 Å². The molecule has 1 unspecified atom stereocenters. The lowest BCUT2D eigenvalue weighted by Crippen LogP contribution is -2.13. The number of nitrogens with one attached hydrogen (secondary N) is 1. The summed E-state index contributed by atoms with van der Waals surface area (Å²) >= 11 is 9.59. The molecule has 2 aromatic carbocycles. The van der Waals surface area contributed by atoms with Crippen LogP contribution in [0.3, 0.4) is 0 Å². The van der Waals surface area contributed by atoms with Crippen molar-refractivity contribution in [2.24, 2.45) is 5.92 Å². The van der Waals surface area contributed by atoms with Crippen molar-refractivity contribution in [3.05, 3.63) is 63.1 Å². The molecule has 0 saturated heterocycles. The molecule has 1 aliphatic carbocycles. The average molecular weight is 351 g/mol. The molecule has 1 fully saturated rings. The van der Waals surface area contributed by atoms with Crippen LogP contribution in [-0.2, 0) is 0 Å². The molecule has 0 heterocycles. The third-order valence-electron chi connectivity index (χ3n) is 3.77. The van der Waals surface area contributed by atoms with Crippen molar-refractivity contribution in [3.8, 4) is 0 Å². The molecule has 20 heavy (non-hydrogen) atoms. The number of hydrogen-bond donors (Lipinski definition) is 1. The lowest BCUT2D eigenvalue weighted by Gasteiger charge is -2.21. The van der Waals surface area contributed by atoms with Crippen molar-refractivity contribution in [1.29, 1.82) is 0 Å². The number of hydrogen-bond acceptors (Lipinski definition) is 1. The van der Waals surface area contributed by atoms with Gasteiger partial charge in [0.25, 0.3) is 0 Å². The molecular weight excluding hydrogens is 334 g/mol. The second-order valence-electron chi connectivity index (χ2n) is 5.49. The van der Waals surface area contributed by atoms with E-state index in [-0.39, 0.29) is 0 Å². The van der Waals surface area contributed by atoms with E-state index in [1.807, 2.05) is 18.2 Å². The maximum atomic E-state index is 6.01. The molecule has 3 heteroatoms. The normalized spacial score (nSPS) is 15.9. The average Bonchev–Trinajstić information content (AvgIpc) is 3.24. The first kappa shape index (κ1) is 14.0. The third-order valence-corrected chi connectivity index (χ3v) is 4.66. The van der Waals surface area contributed by atoms with Crippen LogP contribution in [0.2, 0.25) is 5.02 Å². The molecular formula is C17H17BrClN. The van der Waals surface area contributed by atoms with Gasteiger partial charge >= 0.3 is 0 Å². The summed E-state index contributed by atoms with van der Waals surface area (Å²) in [5, 5.41) is 4.42. The molecule has 1 saturated carbocycles. The highest BCUT2D eigenvalue weighted by Crippen LogP contribution is 2.43. The molecule has 0 bridgehead atoms. The van der Waals surface area contributed by atoms with Crippen molar-refractivity contribution in [1.82, 2.24) is 0 Å². The summed E-state index contributed by atoms with van der Waals surface area (Å²) in [5.74, 6) is 0.736. The number of benzene rings is 2. The summed E-state index contributed by atoms with van der Waals surface area (Å²) in [7, 11) is 0. The van der Waals surface area contributed by atoms with Gasteiger partial charge in [-0.05, 0) is 65.4 Å². The highest BCUT2D eigenvalue weighted by molar-refractivity contribution is 9.10. The SMILES string of the molecule is Cc1ccc(C(Nc2ccc(Cl)cc2Br)C2CC2)cc1. The van der Waals surface area contributed by atoms with E-state index in [2.05, 4.69) is 52.4 Å². The van der Waals surface area contributed by atoms with E-state index in [4.69, 9.17) is 11.6 Å². The Labute approximate surface area is 133 Å². The van der Waals surface area contributed by atoms with E-state index in [1.165, 1.54) is 24.0 Å².